The molecule has 0 aromatic carbocycles. The molecule has 0 spiro atoms. The van der Waals surface area contributed by atoms with E-state index in [1.54, 1.807) is 0 Å². The lowest BCUT2D eigenvalue weighted by molar-refractivity contribution is 0.255. The average Bonchev–Trinajstić information content (AvgIpc) is 2.14. The summed E-state index contributed by atoms with van der Waals surface area (Å²) < 4.78 is 29.5. The smallest absolute Gasteiger partial charge is 0.292 e. The highest BCUT2D eigenvalue weighted by molar-refractivity contribution is 7.86. The highest BCUT2D eigenvalue weighted by Crippen LogP contribution is 2.26. The van der Waals surface area contributed by atoms with Gasteiger partial charge in [-0.2, -0.15) is 8.42 Å². The highest BCUT2D eigenvalue weighted by Gasteiger charge is 2.21. The van der Waals surface area contributed by atoms with Gasteiger partial charge in [0, 0.05) is 12.7 Å². The minimum absolute atomic E-state index is 0.144. The topological polar surface area (TPSA) is 86.6 Å². The second-order valence-electron chi connectivity index (χ2n) is 3.42. The summed E-state index contributed by atoms with van der Waals surface area (Å²) in [5.74, 6) is 0. The summed E-state index contributed by atoms with van der Waals surface area (Å²) >= 11 is 0. The predicted octanol–water partition coefficient (Wildman–Crippen LogP) is -0.377. The van der Waals surface area contributed by atoms with E-state index < -0.39 is 15.6 Å². The van der Waals surface area contributed by atoms with Crippen molar-refractivity contribution >= 4 is 18.7 Å². The first kappa shape index (κ1) is 12.3. The van der Waals surface area contributed by atoms with Crippen molar-refractivity contribution in [3.05, 3.63) is 0 Å². The molecule has 3 unspecified atom stereocenters. The fourth-order valence-corrected chi connectivity index (χ4v) is 3.76. The second kappa shape index (κ2) is 5.37. The molecule has 1 fully saturated rings. The van der Waals surface area contributed by atoms with E-state index in [2.05, 4.69) is 5.32 Å². The Kier molecular flexibility index (Phi) is 4.73. The van der Waals surface area contributed by atoms with E-state index in [-0.39, 0.29) is 6.16 Å². The van der Waals surface area contributed by atoms with Crippen LogP contribution in [0.15, 0.2) is 0 Å². The lowest BCUT2D eigenvalue weighted by Crippen LogP contribution is -2.32. The van der Waals surface area contributed by atoms with Crippen LogP contribution in [0.1, 0.15) is 12.8 Å². The lowest BCUT2D eigenvalue weighted by Gasteiger charge is -2.23. The number of aliphatic hydroxyl groups excluding tert-OH is 1. The van der Waals surface area contributed by atoms with Crippen molar-refractivity contribution in [2.24, 2.45) is 0 Å². The molecular weight excluding hydrogens is 225 g/mol. The van der Waals surface area contributed by atoms with Crippen LogP contribution in [0.4, 0.5) is 0 Å². The van der Waals surface area contributed by atoms with Crippen LogP contribution in [0.25, 0.3) is 0 Å². The molecule has 0 aromatic rings. The van der Waals surface area contributed by atoms with Crippen LogP contribution >= 0.6 is 8.58 Å². The Balaban J connectivity index is 2.25. The van der Waals surface area contributed by atoms with Gasteiger partial charge in [-0.15, -0.1) is 8.58 Å². The maximum absolute atomic E-state index is 10.5. The van der Waals surface area contributed by atoms with Crippen LogP contribution in [-0.2, 0) is 10.1 Å². The van der Waals surface area contributed by atoms with Gasteiger partial charge < -0.3 is 10.4 Å². The zero-order valence-corrected chi connectivity index (χ0v) is 9.63. The molecule has 1 heterocycles. The van der Waals surface area contributed by atoms with Crippen LogP contribution in [0.5, 0.6) is 0 Å². The summed E-state index contributed by atoms with van der Waals surface area (Å²) in [7, 11) is -3.88. The van der Waals surface area contributed by atoms with Gasteiger partial charge in [-0.05, 0) is 25.0 Å². The lowest BCUT2D eigenvalue weighted by atomic mass is 10.2. The Bertz CT molecular complexity index is 263. The molecule has 5 nitrogen and oxygen atoms in total. The van der Waals surface area contributed by atoms with Gasteiger partial charge >= 0.3 is 0 Å². The average molecular weight is 241 g/mol. The van der Waals surface area contributed by atoms with E-state index in [9.17, 15) is 8.42 Å². The quantitative estimate of drug-likeness (QED) is 0.461. The van der Waals surface area contributed by atoms with Crippen LogP contribution in [-0.4, -0.2) is 48.4 Å². The number of hydrogen-bond acceptors (Lipinski definition) is 4. The SMILES string of the molecule is O=S(=O)(O)C(O)CPC1CCCNC1. The minimum Gasteiger partial charge on any atom is -0.375 e. The van der Waals surface area contributed by atoms with Gasteiger partial charge in [0.1, 0.15) is 0 Å². The molecule has 0 aliphatic carbocycles. The fraction of sp³-hybridized carbons (Fsp3) is 1.00. The molecule has 1 aliphatic heterocycles. The molecule has 0 saturated carbocycles. The van der Waals surface area contributed by atoms with Gasteiger partial charge in [0.15, 0.2) is 5.44 Å². The van der Waals surface area contributed by atoms with E-state index >= 15 is 0 Å². The first-order chi connectivity index (χ1) is 6.50. The monoisotopic (exact) mass is 241 g/mol. The summed E-state index contributed by atoms with van der Waals surface area (Å²) in [6.45, 7) is 1.90. The van der Waals surface area contributed by atoms with Crippen molar-refractivity contribution in [2.75, 3.05) is 19.3 Å². The van der Waals surface area contributed by atoms with E-state index in [0.29, 0.717) is 14.2 Å². The number of rotatable bonds is 4. The van der Waals surface area contributed by atoms with Crippen molar-refractivity contribution < 1.29 is 18.1 Å². The number of hydrogen-bond donors (Lipinski definition) is 3. The van der Waals surface area contributed by atoms with Gasteiger partial charge in [-0.25, -0.2) is 0 Å². The third-order valence-electron chi connectivity index (χ3n) is 2.22. The van der Waals surface area contributed by atoms with Crippen molar-refractivity contribution in [2.45, 2.75) is 23.9 Å². The predicted molar refractivity (Wildman–Crippen MR) is 56.6 cm³/mol. The number of aliphatic hydroxyl groups is 1. The molecule has 0 amide bonds. The van der Waals surface area contributed by atoms with Gasteiger partial charge in [0.25, 0.3) is 10.1 Å². The molecule has 1 aliphatic rings. The summed E-state index contributed by atoms with van der Waals surface area (Å²) in [4.78, 5) is 0. The van der Waals surface area contributed by atoms with Crippen molar-refractivity contribution in [3.8, 4) is 0 Å². The molecule has 14 heavy (non-hydrogen) atoms. The third-order valence-corrected chi connectivity index (χ3v) is 5.06. The summed E-state index contributed by atoms with van der Waals surface area (Å²) in [5.41, 5.74) is -1.16. The normalized spacial score (nSPS) is 26.9. The maximum atomic E-state index is 10.5. The standard InChI is InChI=1S/C7H16NO4PS/c9-7(14(10,11)12)5-13-6-2-1-3-8-4-6/h6-9,13H,1-5H2,(H,10,11,12). The second-order valence-corrected chi connectivity index (χ2v) is 6.63. The van der Waals surface area contributed by atoms with Gasteiger partial charge in [-0.1, -0.05) is 0 Å². The molecule has 3 atom stereocenters. The Morgan fingerprint density at radius 3 is 2.79 bits per heavy atom. The van der Waals surface area contributed by atoms with Crippen molar-refractivity contribution in [1.29, 1.82) is 0 Å². The van der Waals surface area contributed by atoms with E-state index in [1.807, 2.05) is 0 Å². The Hall–Kier alpha value is 0.260. The summed E-state index contributed by atoms with van der Waals surface area (Å²) in [5, 5.41) is 12.3. The first-order valence-electron chi connectivity index (χ1n) is 4.58. The minimum atomic E-state index is -4.26. The Morgan fingerprint density at radius 2 is 2.29 bits per heavy atom. The molecular formula is C7H16NO4PS. The molecule has 0 bridgehead atoms. The summed E-state index contributed by atoms with van der Waals surface area (Å²) in [6, 6.07) is 0. The zero-order chi connectivity index (χ0) is 10.6. The Morgan fingerprint density at radius 1 is 1.57 bits per heavy atom. The molecule has 0 aromatic heterocycles. The third kappa shape index (κ3) is 4.19. The number of nitrogens with one attached hydrogen (secondary N) is 1. The van der Waals surface area contributed by atoms with Crippen molar-refractivity contribution in [3.63, 3.8) is 0 Å². The van der Waals surface area contributed by atoms with E-state index in [0.717, 1.165) is 25.9 Å². The van der Waals surface area contributed by atoms with Crippen molar-refractivity contribution in [1.82, 2.24) is 5.32 Å². The van der Waals surface area contributed by atoms with E-state index in [4.69, 9.17) is 9.66 Å². The van der Waals surface area contributed by atoms with Gasteiger partial charge in [-0.3, -0.25) is 4.55 Å². The van der Waals surface area contributed by atoms with Gasteiger partial charge in [0.2, 0.25) is 0 Å². The fourth-order valence-electron chi connectivity index (χ4n) is 1.40. The molecule has 3 N–H and O–H groups in total. The van der Waals surface area contributed by atoms with Crippen LogP contribution in [0, 0.1) is 0 Å². The zero-order valence-electron chi connectivity index (χ0n) is 7.81. The molecule has 84 valence electrons. The van der Waals surface area contributed by atoms with E-state index in [1.165, 1.54) is 0 Å². The first-order valence-corrected chi connectivity index (χ1v) is 7.37. The molecule has 1 saturated heterocycles. The summed E-state index contributed by atoms with van der Waals surface area (Å²) in [6.07, 6.45) is 2.31. The van der Waals surface area contributed by atoms with Crippen LogP contribution < -0.4 is 5.32 Å². The highest BCUT2D eigenvalue weighted by atomic mass is 32.2. The molecule has 0 radical (unpaired) electrons. The Labute approximate surface area is 85.8 Å². The maximum Gasteiger partial charge on any atom is 0.292 e. The molecule has 7 heteroatoms. The number of piperidine rings is 1. The van der Waals surface area contributed by atoms with Gasteiger partial charge in [0.05, 0.1) is 0 Å². The van der Waals surface area contributed by atoms with Crippen LogP contribution in [0.2, 0.25) is 0 Å². The largest absolute Gasteiger partial charge is 0.375 e. The van der Waals surface area contributed by atoms with Crippen LogP contribution in [0.3, 0.4) is 0 Å². The molecule has 1 rings (SSSR count).